The van der Waals surface area contributed by atoms with Crippen molar-refractivity contribution < 1.29 is 0 Å². The van der Waals surface area contributed by atoms with Gasteiger partial charge >= 0.3 is 0 Å². The zero-order valence-electron chi connectivity index (χ0n) is 10.3. The van der Waals surface area contributed by atoms with Gasteiger partial charge in [0.15, 0.2) is 0 Å². The molecule has 0 radical (unpaired) electrons. The molecule has 0 spiro atoms. The molecule has 0 aromatic carbocycles. The van der Waals surface area contributed by atoms with Crippen molar-refractivity contribution in [2.45, 2.75) is 58.5 Å². The van der Waals surface area contributed by atoms with E-state index in [4.69, 9.17) is 0 Å². The lowest BCUT2D eigenvalue weighted by molar-refractivity contribution is 0.111. The Kier molecular flexibility index (Phi) is 4.39. The van der Waals surface area contributed by atoms with E-state index in [1.54, 1.807) is 0 Å². The molecule has 0 aromatic heterocycles. The average molecular weight is 198 g/mol. The van der Waals surface area contributed by atoms with Gasteiger partial charge in [0.25, 0.3) is 0 Å². The second-order valence-electron chi connectivity index (χ2n) is 4.98. The van der Waals surface area contributed by atoms with Gasteiger partial charge in [-0.1, -0.05) is 13.8 Å². The van der Waals surface area contributed by atoms with Crippen molar-refractivity contribution in [2.24, 2.45) is 0 Å². The minimum absolute atomic E-state index is 0.427. The van der Waals surface area contributed by atoms with Crippen molar-refractivity contribution in [3.05, 3.63) is 0 Å². The van der Waals surface area contributed by atoms with Crippen LogP contribution in [0.5, 0.6) is 0 Å². The molecule has 14 heavy (non-hydrogen) atoms. The maximum atomic E-state index is 3.47. The van der Waals surface area contributed by atoms with Crippen LogP contribution in [-0.4, -0.2) is 36.1 Å². The van der Waals surface area contributed by atoms with Gasteiger partial charge in [-0.25, -0.2) is 0 Å². The molecule has 1 rings (SSSR count). The van der Waals surface area contributed by atoms with E-state index < -0.39 is 0 Å². The Hall–Kier alpha value is -0.0800. The van der Waals surface area contributed by atoms with Crippen LogP contribution >= 0.6 is 0 Å². The van der Waals surface area contributed by atoms with Gasteiger partial charge in [0.1, 0.15) is 0 Å². The largest absolute Gasteiger partial charge is 0.315 e. The molecule has 0 bridgehead atoms. The van der Waals surface area contributed by atoms with Crippen molar-refractivity contribution in [2.75, 3.05) is 19.6 Å². The van der Waals surface area contributed by atoms with E-state index in [1.165, 1.54) is 25.8 Å². The topological polar surface area (TPSA) is 15.3 Å². The van der Waals surface area contributed by atoms with E-state index in [0.29, 0.717) is 5.54 Å². The number of hydrogen-bond acceptors (Lipinski definition) is 2. The van der Waals surface area contributed by atoms with Crippen LogP contribution in [0, 0.1) is 0 Å². The van der Waals surface area contributed by atoms with E-state index in [2.05, 4.69) is 37.9 Å². The van der Waals surface area contributed by atoms with Crippen LogP contribution in [0.25, 0.3) is 0 Å². The van der Waals surface area contributed by atoms with Crippen LogP contribution in [0.1, 0.15) is 47.0 Å². The third kappa shape index (κ3) is 2.71. The third-order valence-corrected chi connectivity index (χ3v) is 3.51. The fourth-order valence-corrected chi connectivity index (χ4v) is 2.59. The van der Waals surface area contributed by atoms with Gasteiger partial charge in [-0.05, 0) is 46.2 Å². The molecule has 0 amide bonds. The van der Waals surface area contributed by atoms with Crippen LogP contribution in [-0.2, 0) is 0 Å². The molecule has 1 heterocycles. The average Bonchev–Trinajstić information content (AvgIpc) is 2.48. The zero-order valence-corrected chi connectivity index (χ0v) is 10.3. The molecule has 0 saturated carbocycles. The van der Waals surface area contributed by atoms with Crippen molar-refractivity contribution >= 4 is 0 Å². The predicted molar refractivity (Wildman–Crippen MR) is 62.6 cm³/mol. The lowest BCUT2D eigenvalue weighted by Gasteiger charge is -2.38. The van der Waals surface area contributed by atoms with Gasteiger partial charge < -0.3 is 5.32 Å². The Balaban J connectivity index is 2.50. The molecular formula is C12H26N2. The molecule has 84 valence electrons. The Morgan fingerprint density at radius 3 is 2.50 bits per heavy atom. The van der Waals surface area contributed by atoms with E-state index in [9.17, 15) is 0 Å². The molecule has 1 aliphatic rings. The fourth-order valence-electron chi connectivity index (χ4n) is 2.59. The number of nitrogens with zero attached hydrogens (tertiary/aromatic N) is 1. The monoisotopic (exact) mass is 198 g/mol. The summed E-state index contributed by atoms with van der Waals surface area (Å²) in [7, 11) is 0. The summed E-state index contributed by atoms with van der Waals surface area (Å²) in [6.45, 7) is 12.8. The second kappa shape index (κ2) is 5.13. The van der Waals surface area contributed by atoms with Crippen molar-refractivity contribution in [1.29, 1.82) is 0 Å². The maximum Gasteiger partial charge on any atom is 0.0223 e. The SMILES string of the molecule is CCNCC(CC)N1CCCC1(C)C. The minimum Gasteiger partial charge on any atom is -0.315 e. The summed E-state index contributed by atoms with van der Waals surface area (Å²) in [6, 6.07) is 0.729. The third-order valence-electron chi connectivity index (χ3n) is 3.51. The van der Waals surface area contributed by atoms with E-state index in [1.807, 2.05) is 0 Å². The van der Waals surface area contributed by atoms with Crippen LogP contribution in [0.2, 0.25) is 0 Å². The van der Waals surface area contributed by atoms with Gasteiger partial charge in [0, 0.05) is 18.1 Å². The molecule has 1 N–H and O–H groups in total. The Bertz CT molecular complexity index is 166. The summed E-state index contributed by atoms with van der Waals surface area (Å²) >= 11 is 0. The lowest BCUT2D eigenvalue weighted by atomic mass is 10.00. The Morgan fingerprint density at radius 1 is 1.36 bits per heavy atom. The smallest absolute Gasteiger partial charge is 0.0223 e. The Labute approximate surface area is 89.1 Å². The highest BCUT2D eigenvalue weighted by molar-refractivity contribution is 4.92. The normalized spacial score (nSPS) is 24.0. The van der Waals surface area contributed by atoms with Crippen LogP contribution in [0.4, 0.5) is 0 Å². The first-order chi connectivity index (χ1) is 6.61. The van der Waals surface area contributed by atoms with Gasteiger partial charge in [0.05, 0.1) is 0 Å². The summed E-state index contributed by atoms with van der Waals surface area (Å²) < 4.78 is 0. The molecule has 1 fully saturated rings. The van der Waals surface area contributed by atoms with Gasteiger partial charge in [-0.3, -0.25) is 4.90 Å². The molecule has 1 atom stereocenters. The highest BCUT2D eigenvalue weighted by atomic mass is 15.2. The van der Waals surface area contributed by atoms with Gasteiger partial charge in [-0.15, -0.1) is 0 Å². The summed E-state index contributed by atoms with van der Waals surface area (Å²) in [5.74, 6) is 0. The first-order valence-corrected chi connectivity index (χ1v) is 6.09. The molecule has 1 aliphatic heterocycles. The molecule has 0 aromatic rings. The summed E-state index contributed by atoms with van der Waals surface area (Å²) in [4.78, 5) is 2.69. The number of nitrogens with one attached hydrogen (secondary N) is 1. The summed E-state index contributed by atoms with van der Waals surface area (Å²) in [5, 5.41) is 3.47. The first-order valence-electron chi connectivity index (χ1n) is 6.09. The summed E-state index contributed by atoms with van der Waals surface area (Å²) in [6.07, 6.45) is 3.99. The fraction of sp³-hybridized carbons (Fsp3) is 1.00. The number of likely N-dealkylation sites (N-methyl/N-ethyl adjacent to an activating group) is 1. The highest BCUT2D eigenvalue weighted by Crippen LogP contribution is 2.30. The molecule has 1 unspecified atom stereocenters. The van der Waals surface area contributed by atoms with Crippen LogP contribution in [0.3, 0.4) is 0 Å². The van der Waals surface area contributed by atoms with E-state index >= 15 is 0 Å². The molecular weight excluding hydrogens is 172 g/mol. The molecule has 2 nitrogen and oxygen atoms in total. The Morgan fingerprint density at radius 2 is 2.07 bits per heavy atom. The zero-order chi connectivity index (χ0) is 10.6. The molecule has 0 aliphatic carbocycles. The van der Waals surface area contributed by atoms with Crippen molar-refractivity contribution in [1.82, 2.24) is 10.2 Å². The van der Waals surface area contributed by atoms with E-state index in [0.717, 1.165) is 19.1 Å². The van der Waals surface area contributed by atoms with Gasteiger partial charge in [-0.2, -0.15) is 0 Å². The first kappa shape index (κ1) is 12.0. The lowest BCUT2D eigenvalue weighted by Crippen LogP contribution is -2.49. The van der Waals surface area contributed by atoms with Crippen LogP contribution in [0.15, 0.2) is 0 Å². The van der Waals surface area contributed by atoms with Gasteiger partial charge in [0.2, 0.25) is 0 Å². The maximum absolute atomic E-state index is 3.47. The number of rotatable bonds is 5. The summed E-state index contributed by atoms with van der Waals surface area (Å²) in [5.41, 5.74) is 0.427. The van der Waals surface area contributed by atoms with Crippen molar-refractivity contribution in [3.63, 3.8) is 0 Å². The number of likely N-dealkylation sites (tertiary alicyclic amines) is 1. The highest BCUT2D eigenvalue weighted by Gasteiger charge is 2.35. The van der Waals surface area contributed by atoms with Crippen molar-refractivity contribution in [3.8, 4) is 0 Å². The molecule has 1 saturated heterocycles. The minimum atomic E-state index is 0.427. The standard InChI is InChI=1S/C12H26N2/c1-5-11(10-13-6-2)14-9-7-8-12(14,3)4/h11,13H,5-10H2,1-4H3. The predicted octanol–water partition coefficient (Wildman–Crippen LogP) is 2.25. The second-order valence-corrected chi connectivity index (χ2v) is 4.98. The van der Waals surface area contributed by atoms with E-state index in [-0.39, 0.29) is 0 Å². The number of hydrogen-bond donors (Lipinski definition) is 1. The quantitative estimate of drug-likeness (QED) is 0.729. The molecule has 2 heteroatoms. The van der Waals surface area contributed by atoms with Crippen LogP contribution < -0.4 is 5.32 Å².